The molecule has 0 aliphatic rings. The largest absolute Gasteiger partial charge is 0.315 e. The third-order valence-electron chi connectivity index (χ3n) is 2.77. The minimum Gasteiger partial charge on any atom is -0.315 e. The number of rotatable bonds is 6. The Morgan fingerprint density at radius 2 is 2.05 bits per heavy atom. The lowest BCUT2D eigenvalue weighted by atomic mass is 10.3. The summed E-state index contributed by atoms with van der Waals surface area (Å²) in [4.78, 5) is 1.31. The predicted molar refractivity (Wildman–Crippen MR) is 95.5 cm³/mol. The van der Waals surface area contributed by atoms with Crippen molar-refractivity contribution in [2.75, 3.05) is 14.1 Å². The average molecular weight is 474 g/mol. The van der Waals surface area contributed by atoms with Crippen LogP contribution < -0.4 is 5.32 Å². The van der Waals surface area contributed by atoms with Crippen LogP contribution in [0, 0.1) is 0 Å². The van der Waals surface area contributed by atoms with Crippen molar-refractivity contribution in [2.24, 2.45) is 0 Å². The Kier molecular flexibility index (Phi) is 6.03. The van der Waals surface area contributed by atoms with Gasteiger partial charge in [-0.1, -0.05) is 0 Å². The van der Waals surface area contributed by atoms with Gasteiger partial charge in [0.25, 0.3) is 0 Å². The first kappa shape index (κ1) is 17.6. The number of sulfonamides is 1. The fourth-order valence-corrected chi connectivity index (χ4v) is 6.77. The van der Waals surface area contributed by atoms with Crippen molar-refractivity contribution in [1.29, 1.82) is 0 Å². The van der Waals surface area contributed by atoms with Gasteiger partial charge in [-0.05, 0) is 62.0 Å². The third-order valence-corrected chi connectivity index (χ3v) is 8.38. The van der Waals surface area contributed by atoms with Gasteiger partial charge in [0.05, 0.1) is 7.57 Å². The quantitative estimate of drug-likeness (QED) is 0.692. The van der Waals surface area contributed by atoms with Crippen molar-refractivity contribution in [1.82, 2.24) is 9.62 Å². The Hall–Kier alpha value is 0.230. The summed E-state index contributed by atoms with van der Waals surface area (Å²) in [5.41, 5.74) is 0.972. The second-order valence-electron chi connectivity index (χ2n) is 4.40. The first-order chi connectivity index (χ1) is 9.84. The molecule has 0 aliphatic heterocycles. The summed E-state index contributed by atoms with van der Waals surface area (Å²) in [6, 6.07) is 3.66. The van der Waals surface area contributed by atoms with Crippen molar-refractivity contribution >= 4 is 64.6 Å². The van der Waals surface area contributed by atoms with Gasteiger partial charge in [-0.15, -0.1) is 22.7 Å². The van der Waals surface area contributed by atoms with Crippen LogP contribution >= 0.6 is 54.5 Å². The van der Waals surface area contributed by atoms with Crippen molar-refractivity contribution in [3.8, 4) is 0 Å². The van der Waals surface area contributed by atoms with Crippen LogP contribution in [0.5, 0.6) is 0 Å². The lowest BCUT2D eigenvalue weighted by Gasteiger charge is -2.16. The Morgan fingerprint density at radius 1 is 1.33 bits per heavy atom. The molecule has 2 aromatic heterocycles. The van der Waals surface area contributed by atoms with E-state index >= 15 is 0 Å². The maximum Gasteiger partial charge on any atom is 0.245 e. The molecular formula is C12H14Br2N2O2S3. The summed E-state index contributed by atoms with van der Waals surface area (Å²) in [6.07, 6.45) is 0. The molecule has 2 heterocycles. The van der Waals surface area contributed by atoms with Crippen LogP contribution in [0.4, 0.5) is 0 Å². The first-order valence-electron chi connectivity index (χ1n) is 5.96. The normalized spacial score (nSPS) is 12.2. The molecule has 0 unspecified atom stereocenters. The molecule has 2 rings (SSSR count). The van der Waals surface area contributed by atoms with E-state index in [9.17, 15) is 8.42 Å². The van der Waals surface area contributed by atoms with Crippen LogP contribution in [0.1, 0.15) is 10.4 Å². The fourth-order valence-electron chi connectivity index (χ4n) is 1.77. The van der Waals surface area contributed by atoms with Crippen molar-refractivity contribution in [2.45, 2.75) is 18.0 Å². The monoisotopic (exact) mass is 472 g/mol. The van der Waals surface area contributed by atoms with Crippen LogP contribution in [-0.4, -0.2) is 26.8 Å². The molecule has 0 atom stereocenters. The summed E-state index contributed by atoms with van der Waals surface area (Å²) in [6.45, 7) is 1.01. The molecule has 0 amide bonds. The molecule has 0 fully saturated rings. The highest BCUT2D eigenvalue weighted by Gasteiger charge is 2.26. The minimum absolute atomic E-state index is 0.328. The molecule has 0 saturated heterocycles. The second kappa shape index (κ2) is 7.20. The topological polar surface area (TPSA) is 49.4 Å². The molecule has 21 heavy (non-hydrogen) atoms. The molecule has 116 valence electrons. The highest BCUT2D eigenvalue weighted by atomic mass is 79.9. The number of thiophene rings is 2. The van der Waals surface area contributed by atoms with E-state index in [1.54, 1.807) is 24.5 Å². The van der Waals surface area contributed by atoms with Gasteiger partial charge in [0.15, 0.2) is 0 Å². The molecule has 0 aromatic carbocycles. The van der Waals surface area contributed by atoms with Crippen LogP contribution in [0.2, 0.25) is 0 Å². The van der Waals surface area contributed by atoms with E-state index in [1.807, 2.05) is 18.5 Å². The maximum atomic E-state index is 12.7. The highest BCUT2D eigenvalue weighted by Crippen LogP contribution is 2.34. The van der Waals surface area contributed by atoms with E-state index in [2.05, 4.69) is 37.2 Å². The molecule has 0 spiro atoms. The van der Waals surface area contributed by atoms with Crippen LogP contribution in [0.25, 0.3) is 0 Å². The summed E-state index contributed by atoms with van der Waals surface area (Å²) in [5.74, 6) is 0. The van der Waals surface area contributed by atoms with Gasteiger partial charge < -0.3 is 5.32 Å². The Morgan fingerprint density at radius 3 is 2.62 bits per heavy atom. The lowest BCUT2D eigenvalue weighted by Crippen LogP contribution is -2.26. The Bertz CT molecular complexity index is 725. The SMILES string of the molecule is CNCc1cc(S(=O)(=O)N(C)Cc2csc(Br)c2)c(Br)s1. The molecule has 0 bridgehead atoms. The molecule has 1 N–H and O–H groups in total. The van der Waals surface area contributed by atoms with E-state index < -0.39 is 10.0 Å². The molecule has 0 saturated carbocycles. The van der Waals surface area contributed by atoms with Crippen molar-refractivity contribution in [3.63, 3.8) is 0 Å². The van der Waals surface area contributed by atoms with Gasteiger partial charge in [-0.2, -0.15) is 4.31 Å². The van der Waals surface area contributed by atoms with E-state index in [1.165, 1.54) is 15.6 Å². The van der Waals surface area contributed by atoms with Gasteiger partial charge in [0.1, 0.15) is 4.90 Å². The van der Waals surface area contributed by atoms with Crippen LogP contribution in [0.3, 0.4) is 0 Å². The van der Waals surface area contributed by atoms with Gasteiger partial charge in [-0.25, -0.2) is 8.42 Å². The molecule has 0 radical (unpaired) electrons. The number of nitrogens with zero attached hydrogens (tertiary/aromatic N) is 1. The molecule has 9 heteroatoms. The van der Waals surface area contributed by atoms with Crippen molar-refractivity contribution in [3.05, 3.63) is 35.5 Å². The van der Waals surface area contributed by atoms with Crippen molar-refractivity contribution < 1.29 is 8.42 Å². The van der Waals surface area contributed by atoms with Gasteiger partial charge in [0, 0.05) is 25.0 Å². The van der Waals surface area contributed by atoms with Gasteiger partial charge in [0.2, 0.25) is 10.0 Å². The number of hydrogen-bond acceptors (Lipinski definition) is 5. The van der Waals surface area contributed by atoms with Gasteiger partial charge in [-0.3, -0.25) is 0 Å². The number of nitrogens with one attached hydrogen (secondary N) is 1. The summed E-state index contributed by atoms with van der Waals surface area (Å²) >= 11 is 9.73. The smallest absolute Gasteiger partial charge is 0.245 e. The molecule has 2 aromatic rings. The molecule has 4 nitrogen and oxygen atoms in total. The Labute approximate surface area is 149 Å². The first-order valence-corrected chi connectivity index (χ1v) is 10.7. The second-order valence-corrected chi connectivity index (χ2v) is 11.2. The fraction of sp³-hybridized carbons (Fsp3) is 0.333. The van der Waals surface area contributed by atoms with Crippen LogP contribution in [0.15, 0.2) is 30.0 Å². The lowest BCUT2D eigenvalue weighted by molar-refractivity contribution is 0.467. The minimum atomic E-state index is -3.50. The zero-order valence-corrected chi connectivity index (χ0v) is 17.0. The zero-order chi connectivity index (χ0) is 15.6. The summed E-state index contributed by atoms with van der Waals surface area (Å²) < 4.78 is 28.3. The average Bonchev–Trinajstić information content (AvgIpc) is 2.96. The number of hydrogen-bond donors (Lipinski definition) is 1. The summed E-state index contributed by atoms with van der Waals surface area (Å²) in [5, 5.41) is 4.97. The maximum absolute atomic E-state index is 12.7. The standard InChI is InChI=1S/C12H14Br2N2O2S3/c1-15-5-9-4-10(12(14)20-9)21(17,18)16(2)6-8-3-11(13)19-7-8/h3-4,7,15H,5-6H2,1-2H3. The molecule has 0 aliphatic carbocycles. The van der Waals surface area contributed by atoms with E-state index in [0.717, 1.165) is 14.2 Å². The van der Waals surface area contributed by atoms with Crippen LogP contribution in [-0.2, 0) is 23.1 Å². The van der Waals surface area contributed by atoms with E-state index in [-0.39, 0.29) is 0 Å². The Balaban J connectivity index is 2.24. The summed E-state index contributed by atoms with van der Waals surface area (Å²) in [7, 11) is -0.0620. The zero-order valence-electron chi connectivity index (χ0n) is 11.4. The van der Waals surface area contributed by atoms with E-state index in [0.29, 0.717) is 21.8 Å². The molecular weight excluding hydrogens is 460 g/mol. The third kappa shape index (κ3) is 4.15. The number of halogens is 2. The van der Waals surface area contributed by atoms with E-state index in [4.69, 9.17) is 0 Å². The predicted octanol–water partition coefficient (Wildman–Crippen LogP) is 3.87. The highest BCUT2D eigenvalue weighted by molar-refractivity contribution is 9.11. The van der Waals surface area contributed by atoms with Gasteiger partial charge >= 0.3 is 0 Å².